The number of aliphatic hydroxyl groups excluding tert-OH is 1. The van der Waals surface area contributed by atoms with Gasteiger partial charge in [-0.1, -0.05) is 13.3 Å². The highest BCUT2D eigenvalue weighted by Crippen LogP contribution is 2.10. The molecular formula is C12H17N3O. The number of hydrogen-bond donors (Lipinski definition) is 2. The lowest BCUT2D eigenvalue weighted by molar-refractivity contribution is 0.258. The zero-order valence-corrected chi connectivity index (χ0v) is 9.48. The fraction of sp³-hybridized carbons (Fsp3) is 0.500. The molecule has 1 aromatic heterocycles. The first-order chi connectivity index (χ1) is 7.80. The second-order valence-electron chi connectivity index (χ2n) is 3.71. The van der Waals surface area contributed by atoms with Crippen LogP contribution in [0.4, 0.5) is 5.82 Å². The van der Waals surface area contributed by atoms with E-state index in [4.69, 9.17) is 10.4 Å². The van der Waals surface area contributed by atoms with Crippen molar-refractivity contribution in [2.45, 2.75) is 19.8 Å². The molecule has 0 spiro atoms. The number of nitrogens with one attached hydrogen (secondary N) is 1. The largest absolute Gasteiger partial charge is 0.396 e. The summed E-state index contributed by atoms with van der Waals surface area (Å²) in [6.07, 6.45) is 3.43. The second-order valence-corrected chi connectivity index (χ2v) is 3.71. The van der Waals surface area contributed by atoms with Crippen LogP contribution in [-0.2, 0) is 0 Å². The van der Waals surface area contributed by atoms with Crippen LogP contribution in [0.2, 0.25) is 0 Å². The molecule has 4 nitrogen and oxygen atoms in total. The van der Waals surface area contributed by atoms with Crippen molar-refractivity contribution >= 4 is 5.82 Å². The molecule has 0 unspecified atom stereocenters. The number of rotatable bonds is 6. The van der Waals surface area contributed by atoms with E-state index in [9.17, 15) is 0 Å². The summed E-state index contributed by atoms with van der Waals surface area (Å²) in [5.41, 5.74) is 0.604. The Hall–Kier alpha value is -1.60. The minimum absolute atomic E-state index is 0.214. The number of nitriles is 1. The lowest BCUT2D eigenvalue weighted by atomic mass is 10.0. The van der Waals surface area contributed by atoms with E-state index in [-0.39, 0.29) is 6.61 Å². The molecule has 4 heteroatoms. The fourth-order valence-corrected chi connectivity index (χ4v) is 1.48. The summed E-state index contributed by atoms with van der Waals surface area (Å²) in [5.74, 6) is 1.16. The van der Waals surface area contributed by atoms with Gasteiger partial charge in [-0.3, -0.25) is 0 Å². The summed E-state index contributed by atoms with van der Waals surface area (Å²) >= 11 is 0. The Balaban J connectivity index is 2.50. The maximum Gasteiger partial charge on any atom is 0.127 e. The van der Waals surface area contributed by atoms with Gasteiger partial charge in [0.25, 0.3) is 0 Å². The molecular weight excluding hydrogens is 202 g/mol. The van der Waals surface area contributed by atoms with Gasteiger partial charge in [-0.25, -0.2) is 4.98 Å². The van der Waals surface area contributed by atoms with Crippen molar-refractivity contribution in [3.05, 3.63) is 23.9 Å². The normalized spacial score (nSPS) is 11.8. The van der Waals surface area contributed by atoms with Crippen LogP contribution in [0.5, 0.6) is 0 Å². The van der Waals surface area contributed by atoms with Crippen LogP contribution >= 0.6 is 0 Å². The predicted molar refractivity (Wildman–Crippen MR) is 62.9 cm³/mol. The standard InChI is InChI=1S/C12H17N3O/c1-2-10(4-6-16)9-15-12-7-11(8-13)3-5-14-12/h3,5,7,10,16H,2,4,6,9H2,1H3,(H,14,15)/t10-/m1/s1. The van der Waals surface area contributed by atoms with Crippen molar-refractivity contribution in [3.63, 3.8) is 0 Å². The number of nitrogens with zero attached hydrogens (tertiary/aromatic N) is 2. The Morgan fingerprint density at radius 1 is 1.62 bits per heavy atom. The molecule has 1 heterocycles. The molecule has 0 radical (unpaired) electrons. The average Bonchev–Trinajstić information content (AvgIpc) is 2.34. The number of pyridine rings is 1. The predicted octanol–water partition coefficient (Wildman–Crippen LogP) is 1.77. The average molecular weight is 219 g/mol. The zero-order chi connectivity index (χ0) is 11.8. The molecule has 0 bridgehead atoms. The minimum atomic E-state index is 0.214. The first-order valence-electron chi connectivity index (χ1n) is 5.51. The summed E-state index contributed by atoms with van der Waals surface area (Å²) in [5, 5.41) is 20.8. The van der Waals surface area contributed by atoms with Gasteiger partial charge < -0.3 is 10.4 Å². The molecule has 0 fully saturated rings. The highest BCUT2D eigenvalue weighted by Gasteiger charge is 2.05. The summed E-state index contributed by atoms with van der Waals surface area (Å²) in [4.78, 5) is 4.13. The minimum Gasteiger partial charge on any atom is -0.396 e. The van der Waals surface area contributed by atoms with Gasteiger partial charge >= 0.3 is 0 Å². The molecule has 1 rings (SSSR count). The monoisotopic (exact) mass is 219 g/mol. The second kappa shape index (κ2) is 6.81. The molecule has 0 aliphatic rings. The number of aromatic nitrogens is 1. The van der Waals surface area contributed by atoms with E-state index >= 15 is 0 Å². The summed E-state index contributed by atoms with van der Waals surface area (Å²) in [6, 6.07) is 5.48. The first kappa shape index (κ1) is 12.5. The van der Waals surface area contributed by atoms with Crippen LogP contribution in [-0.4, -0.2) is 23.2 Å². The molecule has 0 amide bonds. The molecule has 0 aliphatic carbocycles. The SMILES string of the molecule is CC[C@H](CCO)CNc1cc(C#N)ccn1. The van der Waals surface area contributed by atoms with Gasteiger partial charge in [-0.2, -0.15) is 5.26 Å². The fourth-order valence-electron chi connectivity index (χ4n) is 1.48. The van der Waals surface area contributed by atoms with Gasteiger partial charge in [0, 0.05) is 19.3 Å². The van der Waals surface area contributed by atoms with Crippen molar-refractivity contribution in [3.8, 4) is 6.07 Å². The Morgan fingerprint density at radius 2 is 2.44 bits per heavy atom. The van der Waals surface area contributed by atoms with Crippen molar-refractivity contribution < 1.29 is 5.11 Å². The Morgan fingerprint density at radius 3 is 3.06 bits per heavy atom. The van der Waals surface area contributed by atoms with Gasteiger partial charge in [0.1, 0.15) is 5.82 Å². The van der Waals surface area contributed by atoms with Crippen LogP contribution in [0.25, 0.3) is 0 Å². The Kier molecular flexibility index (Phi) is 5.30. The number of anilines is 1. The molecule has 0 aromatic carbocycles. The van der Waals surface area contributed by atoms with Gasteiger partial charge in [-0.15, -0.1) is 0 Å². The van der Waals surface area contributed by atoms with Crippen molar-refractivity contribution in [1.29, 1.82) is 5.26 Å². The third-order valence-corrected chi connectivity index (χ3v) is 2.58. The molecule has 1 aromatic rings. The van der Waals surface area contributed by atoms with Crippen LogP contribution in [0.3, 0.4) is 0 Å². The van der Waals surface area contributed by atoms with Crippen LogP contribution in [0.1, 0.15) is 25.3 Å². The van der Waals surface area contributed by atoms with Gasteiger partial charge in [0.2, 0.25) is 0 Å². The number of aliphatic hydroxyl groups is 1. The van der Waals surface area contributed by atoms with Gasteiger partial charge in [0.05, 0.1) is 11.6 Å². The van der Waals surface area contributed by atoms with E-state index in [1.54, 1.807) is 18.3 Å². The third kappa shape index (κ3) is 3.87. The van der Waals surface area contributed by atoms with Crippen molar-refractivity contribution in [2.75, 3.05) is 18.5 Å². The number of hydrogen-bond acceptors (Lipinski definition) is 4. The van der Waals surface area contributed by atoms with E-state index in [2.05, 4.69) is 23.3 Å². The highest BCUT2D eigenvalue weighted by molar-refractivity contribution is 5.42. The van der Waals surface area contributed by atoms with Crippen molar-refractivity contribution in [1.82, 2.24) is 4.98 Å². The molecule has 0 saturated carbocycles. The highest BCUT2D eigenvalue weighted by atomic mass is 16.3. The molecule has 16 heavy (non-hydrogen) atoms. The quantitative estimate of drug-likeness (QED) is 0.765. The van der Waals surface area contributed by atoms with Crippen molar-refractivity contribution in [2.24, 2.45) is 5.92 Å². The summed E-state index contributed by atoms with van der Waals surface area (Å²) < 4.78 is 0. The van der Waals surface area contributed by atoms with Gasteiger partial charge in [0.15, 0.2) is 0 Å². The zero-order valence-electron chi connectivity index (χ0n) is 9.48. The van der Waals surface area contributed by atoms with Crippen LogP contribution < -0.4 is 5.32 Å². The van der Waals surface area contributed by atoms with E-state index < -0.39 is 0 Å². The third-order valence-electron chi connectivity index (χ3n) is 2.58. The molecule has 1 atom stereocenters. The van der Waals surface area contributed by atoms with E-state index in [1.807, 2.05) is 0 Å². The maximum atomic E-state index is 8.86. The Labute approximate surface area is 95.9 Å². The molecule has 0 aliphatic heterocycles. The molecule has 2 N–H and O–H groups in total. The van der Waals surface area contributed by atoms with Crippen LogP contribution in [0, 0.1) is 17.2 Å². The maximum absolute atomic E-state index is 8.86. The Bertz CT molecular complexity index is 360. The lowest BCUT2D eigenvalue weighted by Gasteiger charge is -2.14. The summed E-state index contributed by atoms with van der Waals surface area (Å²) in [6.45, 7) is 3.09. The molecule has 86 valence electrons. The van der Waals surface area contributed by atoms with Gasteiger partial charge in [-0.05, 0) is 24.5 Å². The van der Waals surface area contributed by atoms with E-state index in [0.29, 0.717) is 11.5 Å². The van der Waals surface area contributed by atoms with E-state index in [1.165, 1.54) is 0 Å². The lowest BCUT2D eigenvalue weighted by Crippen LogP contribution is -2.15. The molecule has 0 saturated heterocycles. The van der Waals surface area contributed by atoms with E-state index in [0.717, 1.165) is 25.2 Å². The van der Waals surface area contributed by atoms with Crippen LogP contribution in [0.15, 0.2) is 18.3 Å². The smallest absolute Gasteiger partial charge is 0.127 e. The first-order valence-corrected chi connectivity index (χ1v) is 5.51. The summed E-state index contributed by atoms with van der Waals surface area (Å²) in [7, 11) is 0. The topological polar surface area (TPSA) is 68.9 Å².